The fourth-order valence-electron chi connectivity index (χ4n) is 9.68. The van der Waals surface area contributed by atoms with Crippen LogP contribution in [0.4, 0.5) is 0 Å². The summed E-state index contributed by atoms with van der Waals surface area (Å²) in [7, 11) is 0. The molecule has 1 heterocycles. The summed E-state index contributed by atoms with van der Waals surface area (Å²) >= 11 is 0. The van der Waals surface area contributed by atoms with E-state index in [0.29, 0.717) is 19.3 Å². The third kappa shape index (κ3) is 40.6. The molecule has 0 aromatic heterocycles. The fraction of sp³-hybridized carbons (Fsp3) is 0.828. The van der Waals surface area contributed by atoms with Crippen LogP contribution in [0.1, 0.15) is 271 Å². The van der Waals surface area contributed by atoms with Crippen molar-refractivity contribution in [2.24, 2.45) is 0 Å². The molecule has 1 aliphatic heterocycles. The molecule has 0 aromatic rings. The maximum atomic E-state index is 13.2. The summed E-state index contributed by atoms with van der Waals surface area (Å²) in [5.41, 5.74) is 0. The van der Waals surface area contributed by atoms with Gasteiger partial charge in [0.25, 0.3) is 0 Å². The summed E-state index contributed by atoms with van der Waals surface area (Å²) in [6, 6.07) is -1.20. The van der Waals surface area contributed by atoms with E-state index < -0.39 is 74.2 Å². The molecule has 0 bridgehead atoms. The van der Waals surface area contributed by atoms with Crippen LogP contribution in [0.15, 0.2) is 60.8 Å². The molecule has 0 radical (unpaired) electrons. The summed E-state index contributed by atoms with van der Waals surface area (Å²) < 4.78 is 11.1. The zero-order chi connectivity index (χ0) is 54.7. The second kappa shape index (κ2) is 52.5. The Kier molecular flexibility index (Phi) is 49.6. The Labute approximate surface area is 459 Å². The Morgan fingerprint density at radius 1 is 0.467 bits per heavy atom. The van der Waals surface area contributed by atoms with Gasteiger partial charge in [0.2, 0.25) is 5.91 Å². The molecule has 1 amide bonds. The zero-order valence-corrected chi connectivity index (χ0v) is 48.0. The van der Waals surface area contributed by atoms with Crippen molar-refractivity contribution < 1.29 is 50.0 Å². The summed E-state index contributed by atoms with van der Waals surface area (Å²) in [6.45, 7) is 3.45. The minimum Gasteiger partial charge on any atom is -0.394 e. The predicted molar refractivity (Wildman–Crippen MR) is 311 cm³/mol. The first-order valence-corrected chi connectivity index (χ1v) is 31.2. The number of unbranched alkanes of at least 4 members (excludes halogenated alkanes) is 31. The highest BCUT2D eigenvalue weighted by molar-refractivity contribution is 5.80. The molecule has 1 rings (SSSR count). The van der Waals surface area contributed by atoms with Gasteiger partial charge < -0.3 is 50.5 Å². The lowest BCUT2D eigenvalue weighted by molar-refractivity contribution is -0.303. The molecule has 11 nitrogen and oxygen atoms in total. The molecule has 1 aliphatic rings. The average Bonchev–Trinajstić information content (AvgIpc) is 3.41. The first-order valence-electron chi connectivity index (χ1n) is 31.2. The number of hydrogen-bond donors (Lipinski definition) is 8. The van der Waals surface area contributed by atoms with Gasteiger partial charge in [0.1, 0.15) is 36.6 Å². The third-order valence-electron chi connectivity index (χ3n) is 14.7. The molecule has 0 spiro atoms. The summed E-state index contributed by atoms with van der Waals surface area (Å²) in [5.74, 6) is -0.713. The Morgan fingerprint density at radius 3 is 1.27 bits per heavy atom. The smallest absolute Gasteiger partial charge is 0.249 e. The average molecular weight is 1060 g/mol. The zero-order valence-electron chi connectivity index (χ0n) is 48.0. The molecular weight excluding hydrogens is 943 g/mol. The van der Waals surface area contributed by atoms with Crippen LogP contribution in [0.2, 0.25) is 0 Å². The minimum atomic E-state index is -1.68. The van der Waals surface area contributed by atoms with Crippen LogP contribution in [0, 0.1) is 0 Å². The van der Waals surface area contributed by atoms with E-state index in [1.807, 2.05) is 0 Å². The van der Waals surface area contributed by atoms with E-state index in [2.05, 4.69) is 79.9 Å². The van der Waals surface area contributed by atoms with Crippen molar-refractivity contribution in [1.29, 1.82) is 0 Å². The van der Waals surface area contributed by atoms with Gasteiger partial charge in [-0.1, -0.05) is 235 Å². The van der Waals surface area contributed by atoms with Crippen LogP contribution < -0.4 is 5.32 Å². The van der Waals surface area contributed by atoms with Crippen LogP contribution in [-0.4, -0.2) is 110 Å². The first-order chi connectivity index (χ1) is 36.7. The van der Waals surface area contributed by atoms with Gasteiger partial charge in [0.15, 0.2) is 6.29 Å². The van der Waals surface area contributed by atoms with E-state index in [4.69, 9.17) is 9.47 Å². The van der Waals surface area contributed by atoms with Crippen LogP contribution in [0.5, 0.6) is 0 Å². The summed E-state index contributed by atoms with van der Waals surface area (Å²) in [6.07, 6.45) is 57.1. The van der Waals surface area contributed by atoms with Crippen molar-refractivity contribution in [1.82, 2.24) is 5.32 Å². The van der Waals surface area contributed by atoms with Gasteiger partial charge in [0.05, 0.1) is 25.4 Å². The molecule has 438 valence electrons. The van der Waals surface area contributed by atoms with Crippen molar-refractivity contribution in [2.75, 3.05) is 13.2 Å². The standard InChI is InChI=1S/C64H117NO10/c1-3-5-7-9-11-13-15-17-19-21-23-25-26-27-28-29-30-31-32-34-36-38-40-42-44-46-48-50-52-57(68)63(73)65-55(54-74-64-62(72)61(71)60(70)58(53-66)75-64)59(69)56(67)51-49-47-45-43-41-39-37-35-33-24-22-20-18-16-14-12-10-8-6-4-2/h20,22-23,25,27-28,35,37,43,45,55-62,64,66-72H,3-19,21,24,26,29-34,36,38-42,44,46-54H2,1-2H3,(H,65,73)/b22-20+,25-23-,28-27-,37-35+,45-43+. The molecular formula is C64H117NO10. The van der Waals surface area contributed by atoms with Crippen molar-refractivity contribution in [3.05, 3.63) is 60.8 Å². The number of amides is 1. The van der Waals surface area contributed by atoms with E-state index in [0.717, 1.165) is 51.4 Å². The number of aliphatic hydroxyl groups is 7. The molecule has 11 heteroatoms. The molecule has 0 aromatic carbocycles. The molecule has 9 unspecified atom stereocenters. The Morgan fingerprint density at radius 2 is 0.840 bits per heavy atom. The van der Waals surface area contributed by atoms with Crippen molar-refractivity contribution in [2.45, 2.75) is 326 Å². The fourth-order valence-corrected chi connectivity index (χ4v) is 9.68. The lowest BCUT2D eigenvalue weighted by Gasteiger charge is -2.40. The molecule has 0 aliphatic carbocycles. The SMILES string of the molecule is CCCCCCCCC/C=C/CC/C=C/CC/C=C/CCCC(O)C(O)C(COC1OC(CO)C(O)C(O)C1O)NC(=O)C(O)CCCCCCCCCCCCCC/C=C\C/C=C\CCCCCCCCCCC. The predicted octanol–water partition coefficient (Wildman–Crippen LogP) is 13.8. The third-order valence-corrected chi connectivity index (χ3v) is 14.7. The largest absolute Gasteiger partial charge is 0.394 e. The lowest BCUT2D eigenvalue weighted by Crippen LogP contribution is -2.60. The number of ether oxygens (including phenoxy) is 2. The normalized spacial score (nSPS) is 20.1. The van der Waals surface area contributed by atoms with Crippen LogP contribution in [0.25, 0.3) is 0 Å². The maximum absolute atomic E-state index is 13.2. The number of carbonyl (C=O) groups is 1. The van der Waals surface area contributed by atoms with Gasteiger partial charge in [-0.3, -0.25) is 4.79 Å². The van der Waals surface area contributed by atoms with Gasteiger partial charge in [-0.25, -0.2) is 0 Å². The van der Waals surface area contributed by atoms with Gasteiger partial charge >= 0.3 is 0 Å². The Bertz CT molecular complexity index is 1400. The number of aliphatic hydroxyl groups excluding tert-OH is 7. The lowest BCUT2D eigenvalue weighted by atomic mass is 9.98. The molecule has 0 saturated carbocycles. The van der Waals surface area contributed by atoms with Crippen LogP contribution in [0.3, 0.4) is 0 Å². The number of nitrogens with one attached hydrogen (secondary N) is 1. The molecule has 1 fully saturated rings. The monoisotopic (exact) mass is 1060 g/mol. The van der Waals surface area contributed by atoms with E-state index in [1.165, 1.54) is 173 Å². The number of rotatable bonds is 53. The highest BCUT2D eigenvalue weighted by atomic mass is 16.7. The summed E-state index contributed by atoms with van der Waals surface area (Å²) in [4.78, 5) is 13.2. The topological polar surface area (TPSA) is 189 Å². The van der Waals surface area contributed by atoms with Gasteiger partial charge in [-0.05, 0) is 96.3 Å². The van der Waals surface area contributed by atoms with Crippen molar-refractivity contribution in [3.63, 3.8) is 0 Å². The minimum absolute atomic E-state index is 0.239. The van der Waals surface area contributed by atoms with Gasteiger partial charge in [-0.15, -0.1) is 0 Å². The Balaban J connectivity index is 2.30. The van der Waals surface area contributed by atoms with E-state index >= 15 is 0 Å². The molecule has 8 N–H and O–H groups in total. The van der Waals surface area contributed by atoms with Crippen molar-refractivity contribution >= 4 is 5.91 Å². The second-order valence-corrected chi connectivity index (χ2v) is 21.7. The van der Waals surface area contributed by atoms with Gasteiger partial charge in [-0.2, -0.15) is 0 Å². The van der Waals surface area contributed by atoms with Crippen LogP contribution >= 0.6 is 0 Å². The molecule has 75 heavy (non-hydrogen) atoms. The van der Waals surface area contributed by atoms with Crippen molar-refractivity contribution in [3.8, 4) is 0 Å². The highest BCUT2D eigenvalue weighted by Crippen LogP contribution is 2.23. The Hall–Kier alpha value is -2.19. The first kappa shape index (κ1) is 70.8. The number of hydrogen-bond acceptors (Lipinski definition) is 10. The molecule has 1 saturated heterocycles. The maximum Gasteiger partial charge on any atom is 0.249 e. The highest BCUT2D eigenvalue weighted by Gasteiger charge is 2.44. The number of carbonyl (C=O) groups excluding carboxylic acids is 1. The molecule has 9 atom stereocenters. The van der Waals surface area contributed by atoms with E-state index in [-0.39, 0.29) is 12.8 Å². The number of allylic oxidation sites excluding steroid dienone is 10. The van der Waals surface area contributed by atoms with E-state index in [1.54, 1.807) is 0 Å². The van der Waals surface area contributed by atoms with Gasteiger partial charge in [0, 0.05) is 0 Å². The second-order valence-electron chi connectivity index (χ2n) is 21.7. The van der Waals surface area contributed by atoms with E-state index in [9.17, 15) is 40.5 Å². The van der Waals surface area contributed by atoms with Crippen LogP contribution in [-0.2, 0) is 14.3 Å². The quantitative estimate of drug-likeness (QED) is 0.0215. The summed E-state index contributed by atoms with van der Waals surface area (Å²) in [5, 5.41) is 76.2.